The molecule has 1 atom stereocenters. The fourth-order valence-corrected chi connectivity index (χ4v) is 3.48. The lowest BCUT2D eigenvalue weighted by Gasteiger charge is -2.17. The van der Waals surface area contributed by atoms with E-state index in [1.165, 1.54) is 0 Å². The number of halogens is 3. The summed E-state index contributed by atoms with van der Waals surface area (Å²) in [4.78, 5) is 4.61. The highest BCUT2D eigenvalue weighted by molar-refractivity contribution is 9.10. The summed E-state index contributed by atoms with van der Waals surface area (Å²) in [6, 6.07) is 3.55. The van der Waals surface area contributed by atoms with Gasteiger partial charge in [-0.25, -0.2) is 9.37 Å². The Bertz CT molecular complexity index is 602. The van der Waals surface area contributed by atoms with Crippen molar-refractivity contribution in [2.24, 2.45) is 0 Å². The minimum Gasteiger partial charge on any atom is -0.324 e. The molecule has 2 rings (SSSR count). The third-order valence-corrected chi connectivity index (χ3v) is 5.05. The molecule has 0 saturated carbocycles. The standard InChI is InChI=1S/C14H17BrClFN2S/c1-3-20-8-9(2)19-13-7-11(17)10(15)6-12(13)18-14(19)4-5-16/h6-7,9H,3-5,8H2,1-2H3. The summed E-state index contributed by atoms with van der Waals surface area (Å²) in [5, 5.41) is 0. The number of alkyl halides is 1. The number of hydrogen-bond acceptors (Lipinski definition) is 2. The maximum atomic E-state index is 13.8. The fraction of sp³-hybridized carbons (Fsp3) is 0.500. The number of nitrogens with zero attached hydrogens (tertiary/aromatic N) is 2. The van der Waals surface area contributed by atoms with Crippen molar-refractivity contribution in [2.75, 3.05) is 17.4 Å². The molecule has 20 heavy (non-hydrogen) atoms. The highest BCUT2D eigenvalue weighted by Crippen LogP contribution is 2.28. The molecular formula is C14H17BrClFN2S. The highest BCUT2D eigenvalue weighted by Gasteiger charge is 2.17. The Kier molecular flexibility index (Phi) is 5.75. The Morgan fingerprint density at radius 1 is 1.50 bits per heavy atom. The van der Waals surface area contributed by atoms with E-state index in [1.54, 1.807) is 12.1 Å². The Morgan fingerprint density at radius 2 is 2.25 bits per heavy atom. The van der Waals surface area contributed by atoms with Crippen molar-refractivity contribution in [3.05, 3.63) is 28.2 Å². The number of fused-ring (bicyclic) bond motifs is 1. The summed E-state index contributed by atoms with van der Waals surface area (Å²) in [5.41, 5.74) is 1.65. The normalized spacial score (nSPS) is 13.1. The van der Waals surface area contributed by atoms with Crippen LogP contribution < -0.4 is 0 Å². The molecule has 0 saturated heterocycles. The van der Waals surface area contributed by atoms with Crippen molar-refractivity contribution < 1.29 is 4.39 Å². The molecular weight excluding hydrogens is 363 g/mol. The minimum atomic E-state index is -0.258. The Labute approximate surface area is 136 Å². The number of rotatable bonds is 6. The van der Waals surface area contributed by atoms with Crippen LogP contribution in [0.3, 0.4) is 0 Å². The minimum absolute atomic E-state index is 0.258. The fourth-order valence-electron chi connectivity index (χ4n) is 2.26. The molecule has 0 fully saturated rings. The van der Waals surface area contributed by atoms with Gasteiger partial charge in [0.15, 0.2) is 0 Å². The number of aryl methyl sites for hydroxylation is 1. The summed E-state index contributed by atoms with van der Waals surface area (Å²) in [7, 11) is 0. The van der Waals surface area contributed by atoms with E-state index in [2.05, 4.69) is 39.3 Å². The maximum absolute atomic E-state index is 13.8. The second-order valence-electron chi connectivity index (χ2n) is 4.60. The number of imidazole rings is 1. The van der Waals surface area contributed by atoms with Gasteiger partial charge in [0.25, 0.3) is 0 Å². The molecule has 1 heterocycles. The molecule has 0 aliphatic heterocycles. The van der Waals surface area contributed by atoms with Crippen LogP contribution in [-0.4, -0.2) is 26.9 Å². The molecule has 1 aromatic carbocycles. The monoisotopic (exact) mass is 378 g/mol. The molecule has 6 heteroatoms. The van der Waals surface area contributed by atoms with E-state index in [1.807, 2.05) is 11.8 Å². The maximum Gasteiger partial charge on any atom is 0.139 e. The van der Waals surface area contributed by atoms with Crippen molar-refractivity contribution in [1.82, 2.24) is 9.55 Å². The number of benzene rings is 1. The lowest BCUT2D eigenvalue weighted by atomic mass is 10.2. The summed E-state index contributed by atoms with van der Waals surface area (Å²) >= 11 is 11.0. The first-order valence-corrected chi connectivity index (χ1v) is 9.06. The molecule has 0 amide bonds. The van der Waals surface area contributed by atoms with Crippen molar-refractivity contribution in [3.8, 4) is 0 Å². The second kappa shape index (κ2) is 7.14. The molecule has 0 aliphatic rings. The van der Waals surface area contributed by atoms with Gasteiger partial charge in [0.05, 0.1) is 15.5 Å². The summed E-state index contributed by atoms with van der Waals surface area (Å²) in [6.45, 7) is 4.28. The van der Waals surface area contributed by atoms with Gasteiger partial charge in [-0.15, -0.1) is 11.6 Å². The summed E-state index contributed by atoms with van der Waals surface area (Å²) in [5.74, 6) is 3.24. The van der Waals surface area contributed by atoms with Gasteiger partial charge in [-0.3, -0.25) is 0 Å². The van der Waals surface area contributed by atoms with Gasteiger partial charge in [0.1, 0.15) is 11.6 Å². The van der Waals surface area contributed by atoms with E-state index >= 15 is 0 Å². The quantitative estimate of drug-likeness (QED) is 0.655. The topological polar surface area (TPSA) is 17.8 Å². The van der Waals surface area contributed by atoms with Crippen LogP contribution in [0.15, 0.2) is 16.6 Å². The van der Waals surface area contributed by atoms with Crippen molar-refractivity contribution in [1.29, 1.82) is 0 Å². The lowest BCUT2D eigenvalue weighted by molar-refractivity contribution is 0.592. The van der Waals surface area contributed by atoms with Crippen LogP contribution in [0.1, 0.15) is 25.7 Å². The molecule has 1 aromatic heterocycles. The summed E-state index contributed by atoms with van der Waals surface area (Å²) in [6.07, 6.45) is 0.691. The van der Waals surface area contributed by atoms with Gasteiger partial charge in [0, 0.05) is 30.2 Å². The Morgan fingerprint density at radius 3 is 2.90 bits per heavy atom. The van der Waals surface area contributed by atoms with Crippen molar-refractivity contribution in [2.45, 2.75) is 26.3 Å². The van der Waals surface area contributed by atoms with E-state index in [-0.39, 0.29) is 11.9 Å². The lowest BCUT2D eigenvalue weighted by Crippen LogP contribution is -2.12. The van der Waals surface area contributed by atoms with E-state index in [4.69, 9.17) is 11.6 Å². The van der Waals surface area contributed by atoms with Crippen LogP contribution >= 0.6 is 39.3 Å². The second-order valence-corrected chi connectivity index (χ2v) is 7.15. The van der Waals surface area contributed by atoms with Gasteiger partial charge in [-0.1, -0.05) is 6.92 Å². The van der Waals surface area contributed by atoms with Crippen LogP contribution in [0.25, 0.3) is 11.0 Å². The zero-order valence-corrected chi connectivity index (χ0v) is 14.7. The highest BCUT2D eigenvalue weighted by atomic mass is 79.9. The average molecular weight is 380 g/mol. The number of hydrogen-bond donors (Lipinski definition) is 0. The number of thioether (sulfide) groups is 1. The average Bonchev–Trinajstić information content (AvgIpc) is 2.74. The Balaban J connectivity index is 2.52. The number of aromatic nitrogens is 2. The van der Waals surface area contributed by atoms with E-state index < -0.39 is 0 Å². The van der Waals surface area contributed by atoms with Crippen LogP contribution in [0, 0.1) is 5.82 Å². The summed E-state index contributed by atoms with van der Waals surface area (Å²) < 4.78 is 16.4. The third kappa shape index (κ3) is 3.31. The van der Waals surface area contributed by atoms with Crippen LogP contribution in [-0.2, 0) is 6.42 Å². The van der Waals surface area contributed by atoms with Gasteiger partial charge in [0.2, 0.25) is 0 Å². The first kappa shape index (κ1) is 16.1. The smallest absolute Gasteiger partial charge is 0.139 e. The van der Waals surface area contributed by atoms with E-state index in [9.17, 15) is 4.39 Å². The van der Waals surface area contributed by atoms with Crippen molar-refractivity contribution >= 4 is 50.3 Å². The van der Waals surface area contributed by atoms with Gasteiger partial charge >= 0.3 is 0 Å². The molecule has 0 radical (unpaired) electrons. The van der Waals surface area contributed by atoms with Crippen LogP contribution in [0.2, 0.25) is 0 Å². The van der Waals surface area contributed by atoms with Crippen LogP contribution in [0.5, 0.6) is 0 Å². The first-order chi connectivity index (χ1) is 9.58. The third-order valence-electron chi connectivity index (χ3n) is 3.13. The first-order valence-electron chi connectivity index (χ1n) is 6.58. The molecule has 0 aliphatic carbocycles. The SMILES string of the molecule is CCSCC(C)n1c(CCCl)nc2cc(Br)c(F)cc21. The van der Waals surface area contributed by atoms with Gasteiger partial charge < -0.3 is 4.57 Å². The predicted molar refractivity (Wildman–Crippen MR) is 89.5 cm³/mol. The zero-order chi connectivity index (χ0) is 14.7. The van der Waals surface area contributed by atoms with E-state index in [0.29, 0.717) is 16.8 Å². The van der Waals surface area contributed by atoms with Crippen LogP contribution in [0.4, 0.5) is 4.39 Å². The van der Waals surface area contributed by atoms with Gasteiger partial charge in [-0.2, -0.15) is 11.8 Å². The predicted octanol–water partition coefficient (Wildman–Crippen LogP) is 5.03. The zero-order valence-electron chi connectivity index (χ0n) is 11.5. The molecule has 2 nitrogen and oxygen atoms in total. The van der Waals surface area contributed by atoms with Crippen molar-refractivity contribution in [3.63, 3.8) is 0 Å². The van der Waals surface area contributed by atoms with Gasteiger partial charge in [-0.05, 0) is 34.7 Å². The molecule has 0 spiro atoms. The molecule has 110 valence electrons. The molecule has 2 aromatic rings. The Hall–Kier alpha value is -0.260. The molecule has 0 bridgehead atoms. The molecule has 0 N–H and O–H groups in total. The largest absolute Gasteiger partial charge is 0.324 e. The molecule has 1 unspecified atom stereocenters. The van der Waals surface area contributed by atoms with E-state index in [0.717, 1.165) is 28.4 Å².